The summed E-state index contributed by atoms with van der Waals surface area (Å²) in [6.07, 6.45) is 0. The van der Waals surface area contributed by atoms with Gasteiger partial charge in [-0.3, -0.25) is 14.4 Å². The van der Waals surface area contributed by atoms with Crippen LogP contribution in [0.1, 0.15) is 36.7 Å². The Labute approximate surface area is 147 Å². The van der Waals surface area contributed by atoms with Gasteiger partial charge in [-0.25, -0.2) is 0 Å². The van der Waals surface area contributed by atoms with Crippen LogP contribution in [-0.2, 0) is 9.59 Å². The summed E-state index contributed by atoms with van der Waals surface area (Å²) < 4.78 is 0. The van der Waals surface area contributed by atoms with Gasteiger partial charge < -0.3 is 10.6 Å². The lowest BCUT2D eigenvalue weighted by molar-refractivity contribution is -0.135. The second-order valence-electron chi connectivity index (χ2n) is 6.54. The van der Waals surface area contributed by atoms with Crippen molar-refractivity contribution in [2.24, 2.45) is 5.41 Å². The van der Waals surface area contributed by atoms with Crippen LogP contribution in [0.5, 0.6) is 0 Å². The maximum absolute atomic E-state index is 12.6. The molecule has 0 saturated carbocycles. The van der Waals surface area contributed by atoms with E-state index in [4.69, 9.17) is 0 Å². The molecule has 0 bridgehead atoms. The number of ketones is 1. The Balaban J connectivity index is 2.12. The van der Waals surface area contributed by atoms with E-state index in [1.807, 2.05) is 25.1 Å². The molecule has 0 atom stereocenters. The minimum Gasteiger partial charge on any atom is -0.325 e. The van der Waals surface area contributed by atoms with Crippen molar-refractivity contribution >= 4 is 29.0 Å². The van der Waals surface area contributed by atoms with Gasteiger partial charge in [0.1, 0.15) is 5.41 Å². The number of aryl methyl sites for hydroxylation is 1. The maximum Gasteiger partial charge on any atom is 0.239 e. The van der Waals surface area contributed by atoms with Gasteiger partial charge in [0.05, 0.1) is 0 Å². The fourth-order valence-corrected chi connectivity index (χ4v) is 2.22. The predicted molar refractivity (Wildman–Crippen MR) is 98.7 cm³/mol. The van der Waals surface area contributed by atoms with Crippen LogP contribution >= 0.6 is 0 Å². The van der Waals surface area contributed by atoms with E-state index in [0.717, 1.165) is 5.56 Å². The Morgan fingerprint density at radius 3 is 1.88 bits per heavy atom. The lowest BCUT2D eigenvalue weighted by Crippen LogP contribution is -2.41. The fraction of sp³-hybridized carbons (Fsp3) is 0.250. The van der Waals surface area contributed by atoms with Crippen molar-refractivity contribution in [1.29, 1.82) is 0 Å². The smallest absolute Gasteiger partial charge is 0.239 e. The van der Waals surface area contributed by atoms with Crippen molar-refractivity contribution in [3.8, 4) is 0 Å². The molecule has 0 radical (unpaired) electrons. The summed E-state index contributed by atoms with van der Waals surface area (Å²) >= 11 is 0. The van der Waals surface area contributed by atoms with Gasteiger partial charge in [0.25, 0.3) is 0 Å². The summed E-state index contributed by atoms with van der Waals surface area (Å²) in [4.78, 5) is 36.5. The average molecular weight is 338 g/mol. The van der Waals surface area contributed by atoms with E-state index in [9.17, 15) is 14.4 Å². The zero-order valence-corrected chi connectivity index (χ0v) is 14.8. The highest BCUT2D eigenvalue weighted by Crippen LogP contribution is 2.22. The van der Waals surface area contributed by atoms with Crippen LogP contribution in [0.2, 0.25) is 0 Å². The van der Waals surface area contributed by atoms with Gasteiger partial charge in [0.15, 0.2) is 5.78 Å². The molecule has 0 saturated heterocycles. The summed E-state index contributed by atoms with van der Waals surface area (Å²) in [5.41, 5.74) is 1.36. The first-order valence-electron chi connectivity index (χ1n) is 8.01. The monoisotopic (exact) mass is 338 g/mol. The van der Waals surface area contributed by atoms with E-state index in [1.54, 1.807) is 44.2 Å². The van der Waals surface area contributed by atoms with Crippen LogP contribution in [0.25, 0.3) is 0 Å². The highest BCUT2D eigenvalue weighted by molar-refractivity contribution is 6.14. The van der Waals surface area contributed by atoms with Gasteiger partial charge in [-0.05, 0) is 57.5 Å². The number of Topliss-reactive ketones (excluding diaryl/α,β-unsaturated/α-hetero) is 1. The van der Waals surface area contributed by atoms with Gasteiger partial charge in [-0.1, -0.05) is 24.3 Å². The second kappa shape index (κ2) is 7.30. The number of benzene rings is 2. The predicted octanol–water partition coefficient (Wildman–Crippen LogP) is 3.80. The van der Waals surface area contributed by atoms with Crippen LogP contribution in [-0.4, -0.2) is 17.6 Å². The summed E-state index contributed by atoms with van der Waals surface area (Å²) in [5.74, 6) is -0.941. The third-order valence-corrected chi connectivity index (χ3v) is 3.94. The van der Waals surface area contributed by atoms with E-state index in [-0.39, 0.29) is 5.78 Å². The summed E-state index contributed by atoms with van der Waals surface area (Å²) in [6, 6.07) is 14.0. The topological polar surface area (TPSA) is 75.3 Å². The van der Waals surface area contributed by atoms with E-state index < -0.39 is 17.2 Å². The largest absolute Gasteiger partial charge is 0.325 e. The van der Waals surface area contributed by atoms with Crippen LogP contribution in [0.15, 0.2) is 48.5 Å². The Morgan fingerprint density at radius 1 is 0.840 bits per heavy atom. The molecule has 2 amide bonds. The van der Waals surface area contributed by atoms with E-state index in [1.165, 1.54) is 6.92 Å². The number of hydrogen-bond acceptors (Lipinski definition) is 3. The Kier molecular flexibility index (Phi) is 5.37. The normalized spacial score (nSPS) is 10.9. The Hall–Kier alpha value is -2.95. The van der Waals surface area contributed by atoms with Crippen molar-refractivity contribution in [2.75, 3.05) is 10.6 Å². The number of rotatable bonds is 5. The van der Waals surface area contributed by atoms with Crippen LogP contribution < -0.4 is 10.6 Å². The molecule has 5 nitrogen and oxygen atoms in total. The van der Waals surface area contributed by atoms with Crippen molar-refractivity contribution in [1.82, 2.24) is 0 Å². The molecular weight excluding hydrogens is 316 g/mol. The second-order valence-corrected chi connectivity index (χ2v) is 6.54. The summed E-state index contributed by atoms with van der Waals surface area (Å²) in [7, 11) is 0. The van der Waals surface area contributed by atoms with E-state index >= 15 is 0 Å². The van der Waals surface area contributed by atoms with Gasteiger partial charge in [0.2, 0.25) is 11.8 Å². The van der Waals surface area contributed by atoms with Gasteiger partial charge in [-0.15, -0.1) is 0 Å². The molecule has 0 fully saturated rings. The molecule has 2 rings (SSSR count). The molecule has 0 aromatic heterocycles. The zero-order valence-electron chi connectivity index (χ0n) is 14.8. The summed E-state index contributed by atoms with van der Waals surface area (Å²) in [6.45, 7) is 6.50. The minimum absolute atomic E-state index is 0.0902. The number of hydrogen-bond donors (Lipinski definition) is 2. The standard InChI is InChI=1S/C20H22N2O3/c1-13-7-5-9-16(11-13)21-18(24)20(3,4)19(25)22-17-10-6-8-15(12-17)14(2)23/h5-12H,1-4H3,(H,21,24)(H,22,25). The molecule has 5 heteroatoms. The maximum atomic E-state index is 12.6. The van der Waals surface area contributed by atoms with Crippen molar-refractivity contribution in [3.05, 3.63) is 59.7 Å². The molecule has 2 aromatic carbocycles. The Bertz CT molecular complexity index is 825. The van der Waals surface area contributed by atoms with Crippen LogP contribution in [0.4, 0.5) is 11.4 Å². The first-order chi connectivity index (χ1) is 11.7. The SMILES string of the molecule is CC(=O)c1cccc(NC(=O)C(C)(C)C(=O)Nc2cccc(C)c2)c1. The molecule has 130 valence electrons. The molecule has 25 heavy (non-hydrogen) atoms. The van der Waals surface area contributed by atoms with Crippen molar-refractivity contribution < 1.29 is 14.4 Å². The van der Waals surface area contributed by atoms with E-state index in [2.05, 4.69) is 10.6 Å². The number of carbonyl (C=O) groups excluding carboxylic acids is 3. The zero-order chi connectivity index (χ0) is 18.6. The highest BCUT2D eigenvalue weighted by Gasteiger charge is 2.36. The molecular formula is C20H22N2O3. The molecule has 0 heterocycles. The van der Waals surface area contributed by atoms with Crippen LogP contribution in [0.3, 0.4) is 0 Å². The highest BCUT2D eigenvalue weighted by atomic mass is 16.2. The molecule has 0 aliphatic carbocycles. The van der Waals surface area contributed by atoms with Gasteiger partial charge >= 0.3 is 0 Å². The number of anilines is 2. The lowest BCUT2D eigenvalue weighted by atomic mass is 9.90. The van der Waals surface area contributed by atoms with Crippen molar-refractivity contribution in [2.45, 2.75) is 27.7 Å². The molecule has 0 aliphatic heterocycles. The molecule has 0 unspecified atom stereocenters. The average Bonchev–Trinajstić information content (AvgIpc) is 2.55. The van der Waals surface area contributed by atoms with Gasteiger partial charge in [0, 0.05) is 16.9 Å². The Morgan fingerprint density at radius 2 is 1.36 bits per heavy atom. The number of carbonyl (C=O) groups is 3. The fourth-order valence-electron chi connectivity index (χ4n) is 2.22. The van der Waals surface area contributed by atoms with E-state index in [0.29, 0.717) is 16.9 Å². The molecule has 0 aliphatic rings. The van der Waals surface area contributed by atoms with Crippen molar-refractivity contribution in [3.63, 3.8) is 0 Å². The quantitative estimate of drug-likeness (QED) is 0.643. The first kappa shape index (κ1) is 18.4. The molecule has 2 N–H and O–H groups in total. The first-order valence-corrected chi connectivity index (χ1v) is 8.01. The third-order valence-electron chi connectivity index (χ3n) is 3.94. The minimum atomic E-state index is -1.28. The molecule has 0 spiro atoms. The molecule has 2 aromatic rings. The van der Waals surface area contributed by atoms with Gasteiger partial charge in [-0.2, -0.15) is 0 Å². The lowest BCUT2D eigenvalue weighted by Gasteiger charge is -2.23. The third kappa shape index (κ3) is 4.53. The summed E-state index contributed by atoms with van der Waals surface area (Å²) in [5, 5.41) is 5.47. The number of amides is 2. The van der Waals surface area contributed by atoms with Crippen LogP contribution in [0, 0.1) is 12.3 Å². The number of nitrogens with one attached hydrogen (secondary N) is 2.